The molecule has 0 aliphatic carbocycles. The first-order valence-corrected chi connectivity index (χ1v) is 7.00. The second-order valence-corrected chi connectivity index (χ2v) is 5.02. The van der Waals surface area contributed by atoms with Crippen LogP contribution in [0.5, 0.6) is 0 Å². The van der Waals surface area contributed by atoms with Gasteiger partial charge >= 0.3 is 0 Å². The lowest BCUT2D eigenvalue weighted by molar-refractivity contribution is -0.385. The van der Waals surface area contributed by atoms with Gasteiger partial charge in [-0.3, -0.25) is 10.1 Å². The molecule has 0 bridgehead atoms. The van der Waals surface area contributed by atoms with Gasteiger partial charge in [0.2, 0.25) is 0 Å². The summed E-state index contributed by atoms with van der Waals surface area (Å²) in [6.45, 7) is 9.22. The Morgan fingerprint density at radius 1 is 1.37 bits per heavy atom. The predicted molar refractivity (Wildman–Crippen MR) is 78.6 cm³/mol. The molecule has 0 radical (unpaired) electrons. The van der Waals surface area contributed by atoms with E-state index < -0.39 is 0 Å². The van der Waals surface area contributed by atoms with Crippen LogP contribution in [-0.2, 0) is 0 Å². The van der Waals surface area contributed by atoms with Crippen molar-refractivity contribution in [2.45, 2.75) is 52.5 Å². The van der Waals surface area contributed by atoms with E-state index in [2.05, 4.69) is 26.1 Å². The van der Waals surface area contributed by atoms with E-state index in [1.54, 1.807) is 12.1 Å². The van der Waals surface area contributed by atoms with Crippen molar-refractivity contribution in [2.75, 3.05) is 6.54 Å². The number of benzene rings is 1. The van der Waals surface area contributed by atoms with Gasteiger partial charge in [-0.15, -0.1) is 0 Å². The van der Waals surface area contributed by atoms with Crippen molar-refractivity contribution in [3.63, 3.8) is 0 Å². The Kier molecular flexibility index (Phi) is 5.96. The average molecular weight is 264 g/mol. The van der Waals surface area contributed by atoms with Gasteiger partial charge in [-0.05, 0) is 38.8 Å². The van der Waals surface area contributed by atoms with E-state index in [1.165, 1.54) is 0 Å². The van der Waals surface area contributed by atoms with Crippen LogP contribution in [0, 0.1) is 17.0 Å². The summed E-state index contributed by atoms with van der Waals surface area (Å²) >= 11 is 0. The molecule has 2 atom stereocenters. The molecule has 0 amide bonds. The van der Waals surface area contributed by atoms with Crippen LogP contribution in [0.25, 0.3) is 0 Å². The van der Waals surface area contributed by atoms with Gasteiger partial charge in [-0.1, -0.05) is 26.0 Å². The maximum absolute atomic E-state index is 11.2. The van der Waals surface area contributed by atoms with Gasteiger partial charge in [0.15, 0.2) is 0 Å². The molecule has 0 aromatic heterocycles. The highest BCUT2D eigenvalue weighted by atomic mass is 16.6. The van der Waals surface area contributed by atoms with Crippen molar-refractivity contribution in [3.8, 4) is 0 Å². The number of nitrogens with zero attached hydrogens (tertiary/aromatic N) is 1. The molecular formula is C15H24N2O2. The van der Waals surface area contributed by atoms with E-state index in [9.17, 15) is 10.1 Å². The molecule has 1 rings (SSSR count). The van der Waals surface area contributed by atoms with Crippen LogP contribution in [0.4, 0.5) is 5.69 Å². The summed E-state index contributed by atoms with van der Waals surface area (Å²) in [4.78, 5) is 10.9. The van der Waals surface area contributed by atoms with E-state index in [4.69, 9.17) is 0 Å². The topological polar surface area (TPSA) is 55.2 Å². The van der Waals surface area contributed by atoms with E-state index >= 15 is 0 Å². The van der Waals surface area contributed by atoms with Gasteiger partial charge in [0, 0.05) is 23.6 Å². The molecule has 0 aliphatic rings. The molecule has 0 saturated heterocycles. The number of nitro groups is 1. The van der Waals surface area contributed by atoms with Crippen LogP contribution in [0.2, 0.25) is 0 Å². The standard InChI is InChI=1S/C15H24N2O2/c1-5-10-16-12(4)13(6-2)15-11(3)8-7-9-14(15)17(18)19/h7-9,12-13,16H,5-6,10H2,1-4H3. The van der Waals surface area contributed by atoms with Crippen molar-refractivity contribution in [2.24, 2.45) is 0 Å². The van der Waals surface area contributed by atoms with Gasteiger partial charge in [-0.2, -0.15) is 0 Å². The number of nitrogens with one attached hydrogen (secondary N) is 1. The summed E-state index contributed by atoms with van der Waals surface area (Å²) in [5, 5.41) is 14.7. The lowest BCUT2D eigenvalue weighted by atomic mass is 9.86. The summed E-state index contributed by atoms with van der Waals surface area (Å²) in [5.74, 6) is 0.174. The van der Waals surface area contributed by atoms with E-state index in [0.29, 0.717) is 0 Å². The van der Waals surface area contributed by atoms with Crippen LogP contribution in [0.15, 0.2) is 18.2 Å². The van der Waals surface area contributed by atoms with E-state index in [1.807, 2.05) is 13.0 Å². The summed E-state index contributed by atoms with van der Waals surface area (Å²) < 4.78 is 0. The van der Waals surface area contributed by atoms with E-state index in [0.717, 1.165) is 30.5 Å². The highest BCUT2D eigenvalue weighted by Crippen LogP contribution is 2.33. The SMILES string of the molecule is CCCNC(C)C(CC)c1c(C)cccc1[N+](=O)[O-]. The molecule has 106 valence electrons. The molecule has 0 aliphatic heterocycles. The first-order chi connectivity index (χ1) is 9.02. The van der Waals surface area contributed by atoms with Crippen LogP contribution in [-0.4, -0.2) is 17.5 Å². The molecule has 1 aromatic carbocycles. The minimum Gasteiger partial charge on any atom is -0.314 e. The zero-order chi connectivity index (χ0) is 14.4. The minimum atomic E-state index is -0.266. The Labute approximate surface area is 115 Å². The average Bonchev–Trinajstić information content (AvgIpc) is 2.38. The van der Waals surface area contributed by atoms with Gasteiger partial charge < -0.3 is 5.32 Å². The maximum atomic E-state index is 11.2. The lowest BCUT2D eigenvalue weighted by Crippen LogP contribution is -2.33. The highest BCUT2D eigenvalue weighted by molar-refractivity contribution is 5.48. The zero-order valence-electron chi connectivity index (χ0n) is 12.3. The molecular weight excluding hydrogens is 240 g/mol. The van der Waals surface area contributed by atoms with Crippen molar-refractivity contribution in [3.05, 3.63) is 39.4 Å². The third-order valence-corrected chi connectivity index (χ3v) is 3.63. The van der Waals surface area contributed by atoms with Crippen LogP contribution in [0.3, 0.4) is 0 Å². The molecule has 4 heteroatoms. The molecule has 0 saturated carbocycles. The molecule has 0 spiro atoms. The van der Waals surface area contributed by atoms with Gasteiger partial charge in [-0.25, -0.2) is 0 Å². The Morgan fingerprint density at radius 3 is 2.58 bits per heavy atom. The van der Waals surface area contributed by atoms with Crippen molar-refractivity contribution < 1.29 is 4.92 Å². The second kappa shape index (κ2) is 7.24. The number of hydrogen-bond donors (Lipinski definition) is 1. The largest absolute Gasteiger partial charge is 0.314 e. The molecule has 0 heterocycles. The Hall–Kier alpha value is -1.42. The first kappa shape index (κ1) is 15.6. The molecule has 0 fully saturated rings. The lowest BCUT2D eigenvalue weighted by Gasteiger charge is -2.25. The molecule has 1 aromatic rings. The second-order valence-electron chi connectivity index (χ2n) is 5.02. The van der Waals surface area contributed by atoms with Gasteiger partial charge in [0.05, 0.1) is 4.92 Å². The van der Waals surface area contributed by atoms with Crippen LogP contribution >= 0.6 is 0 Å². The van der Waals surface area contributed by atoms with Crippen LogP contribution < -0.4 is 5.32 Å². The smallest absolute Gasteiger partial charge is 0.273 e. The summed E-state index contributed by atoms with van der Waals surface area (Å²) in [6, 6.07) is 5.56. The van der Waals surface area contributed by atoms with E-state index in [-0.39, 0.29) is 22.6 Å². The Morgan fingerprint density at radius 2 is 2.05 bits per heavy atom. The third-order valence-electron chi connectivity index (χ3n) is 3.63. The number of aryl methyl sites for hydroxylation is 1. The van der Waals surface area contributed by atoms with Gasteiger partial charge in [0.1, 0.15) is 0 Å². The maximum Gasteiger partial charge on any atom is 0.273 e. The molecule has 1 N–H and O–H groups in total. The fourth-order valence-corrected chi connectivity index (χ4v) is 2.63. The highest BCUT2D eigenvalue weighted by Gasteiger charge is 2.26. The first-order valence-electron chi connectivity index (χ1n) is 7.00. The normalized spacial score (nSPS) is 14.1. The Balaban J connectivity index is 3.13. The van der Waals surface area contributed by atoms with Crippen molar-refractivity contribution in [1.82, 2.24) is 5.32 Å². The number of nitro benzene ring substituents is 1. The third kappa shape index (κ3) is 3.77. The fraction of sp³-hybridized carbons (Fsp3) is 0.600. The minimum absolute atomic E-state index is 0.174. The number of hydrogen-bond acceptors (Lipinski definition) is 3. The summed E-state index contributed by atoms with van der Waals surface area (Å²) in [5.41, 5.74) is 2.13. The zero-order valence-corrected chi connectivity index (χ0v) is 12.3. The van der Waals surface area contributed by atoms with Gasteiger partial charge in [0.25, 0.3) is 5.69 Å². The van der Waals surface area contributed by atoms with Crippen molar-refractivity contribution >= 4 is 5.69 Å². The van der Waals surface area contributed by atoms with Crippen molar-refractivity contribution in [1.29, 1.82) is 0 Å². The monoisotopic (exact) mass is 264 g/mol. The quantitative estimate of drug-likeness (QED) is 0.602. The van der Waals surface area contributed by atoms with Crippen LogP contribution in [0.1, 0.15) is 50.7 Å². The summed E-state index contributed by atoms with van der Waals surface area (Å²) in [6.07, 6.45) is 1.96. The molecule has 4 nitrogen and oxygen atoms in total. The molecule has 19 heavy (non-hydrogen) atoms. The number of rotatable bonds is 7. The predicted octanol–water partition coefficient (Wildman–Crippen LogP) is 3.78. The molecule has 2 unspecified atom stereocenters. The Bertz CT molecular complexity index is 432. The fourth-order valence-electron chi connectivity index (χ4n) is 2.63. The summed E-state index contributed by atoms with van der Waals surface area (Å²) in [7, 11) is 0.